The molecule has 1 aliphatic heterocycles. The largest absolute Gasteiger partial charge is 0.573 e. The van der Waals surface area contributed by atoms with Gasteiger partial charge in [0, 0.05) is 61.6 Å². The van der Waals surface area contributed by atoms with E-state index >= 15 is 0 Å². The van der Waals surface area contributed by atoms with Crippen LogP contribution in [0.1, 0.15) is 6.42 Å². The number of rotatable bonds is 8. The number of fused-ring (bicyclic) bond motifs is 1. The Bertz CT molecular complexity index is 1100. The molecule has 10 heteroatoms. The highest BCUT2D eigenvalue weighted by Gasteiger charge is 2.31. The summed E-state index contributed by atoms with van der Waals surface area (Å²) in [5, 5.41) is 7.47. The average molecular weight is 475 g/mol. The van der Waals surface area contributed by atoms with Crippen molar-refractivity contribution < 1.29 is 17.9 Å². The number of aromatic nitrogens is 2. The van der Waals surface area contributed by atoms with Crippen molar-refractivity contribution >= 4 is 22.4 Å². The van der Waals surface area contributed by atoms with Crippen molar-refractivity contribution in [3.63, 3.8) is 0 Å². The highest BCUT2D eigenvalue weighted by atomic mass is 19.4. The number of nitrogens with zero attached hydrogens (tertiary/aromatic N) is 4. The Morgan fingerprint density at radius 1 is 1.12 bits per heavy atom. The molecular formula is C24H29F3N6O. The zero-order valence-corrected chi connectivity index (χ0v) is 19.3. The molecule has 0 bridgehead atoms. The van der Waals surface area contributed by atoms with E-state index < -0.39 is 6.36 Å². The number of alkyl halides is 3. The number of anilines is 2. The fourth-order valence-electron chi connectivity index (χ4n) is 3.94. The zero-order valence-electron chi connectivity index (χ0n) is 19.3. The number of nitrogens with one attached hydrogen (secondary N) is 2. The van der Waals surface area contributed by atoms with Crippen LogP contribution >= 0.6 is 0 Å². The molecular weight excluding hydrogens is 445 g/mol. The second-order valence-corrected chi connectivity index (χ2v) is 8.51. The predicted molar refractivity (Wildman–Crippen MR) is 128 cm³/mol. The zero-order chi connectivity index (χ0) is 24.1. The van der Waals surface area contributed by atoms with E-state index in [0.29, 0.717) is 11.2 Å². The van der Waals surface area contributed by atoms with Crippen LogP contribution in [0, 0.1) is 0 Å². The van der Waals surface area contributed by atoms with Crippen LogP contribution in [0.3, 0.4) is 0 Å². The summed E-state index contributed by atoms with van der Waals surface area (Å²) in [7, 11) is 4.03. The Kier molecular flexibility index (Phi) is 7.38. The Morgan fingerprint density at radius 2 is 1.91 bits per heavy atom. The third kappa shape index (κ3) is 6.27. The van der Waals surface area contributed by atoms with Gasteiger partial charge in [-0.2, -0.15) is 0 Å². The fourth-order valence-corrected chi connectivity index (χ4v) is 3.94. The molecule has 1 fully saturated rings. The third-order valence-corrected chi connectivity index (χ3v) is 5.60. The molecule has 2 aromatic heterocycles. The van der Waals surface area contributed by atoms with Gasteiger partial charge in [-0.3, -0.25) is 0 Å². The van der Waals surface area contributed by atoms with Crippen LogP contribution in [0.2, 0.25) is 0 Å². The molecule has 0 atom stereocenters. The lowest BCUT2D eigenvalue weighted by Crippen LogP contribution is -2.43. The molecule has 182 valence electrons. The number of hydrogen-bond acceptors (Lipinski definition) is 7. The molecule has 2 N–H and O–H groups in total. The first-order valence-electron chi connectivity index (χ1n) is 11.3. The SMILES string of the molecule is CN(C)CCCNc1cc(-c2ccc(N3CCNCC3)nc2)nc2cc(OC(F)(F)F)ccc12. The summed E-state index contributed by atoms with van der Waals surface area (Å²) in [6.07, 6.45) is -2.08. The second-order valence-electron chi connectivity index (χ2n) is 8.51. The van der Waals surface area contributed by atoms with E-state index in [0.717, 1.165) is 68.1 Å². The number of hydrogen-bond donors (Lipinski definition) is 2. The molecule has 0 saturated carbocycles. The van der Waals surface area contributed by atoms with Gasteiger partial charge < -0.3 is 25.2 Å². The van der Waals surface area contributed by atoms with Gasteiger partial charge in [-0.1, -0.05) is 0 Å². The van der Waals surface area contributed by atoms with Gasteiger partial charge in [0.15, 0.2) is 0 Å². The molecule has 0 radical (unpaired) electrons. The van der Waals surface area contributed by atoms with Gasteiger partial charge in [0.05, 0.1) is 11.2 Å². The minimum atomic E-state index is -4.76. The number of ether oxygens (including phenoxy) is 1. The first-order chi connectivity index (χ1) is 16.3. The molecule has 0 spiro atoms. The maximum atomic E-state index is 12.8. The summed E-state index contributed by atoms with van der Waals surface area (Å²) in [4.78, 5) is 13.6. The number of piperazine rings is 1. The fraction of sp³-hybridized carbons (Fsp3) is 0.417. The van der Waals surface area contributed by atoms with Gasteiger partial charge in [0.25, 0.3) is 0 Å². The lowest BCUT2D eigenvalue weighted by atomic mass is 10.1. The quantitative estimate of drug-likeness (QED) is 0.479. The van der Waals surface area contributed by atoms with E-state index in [4.69, 9.17) is 0 Å². The second kappa shape index (κ2) is 10.4. The van der Waals surface area contributed by atoms with E-state index in [2.05, 4.69) is 35.1 Å². The summed E-state index contributed by atoms with van der Waals surface area (Å²) < 4.78 is 42.4. The number of halogens is 3. The van der Waals surface area contributed by atoms with Gasteiger partial charge in [-0.25, -0.2) is 9.97 Å². The predicted octanol–water partition coefficient (Wildman–Crippen LogP) is 3.97. The maximum absolute atomic E-state index is 12.8. The van der Waals surface area contributed by atoms with E-state index in [9.17, 15) is 13.2 Å². The summed E-state index contributed by atoms with van der Waals surface area (Å²) in [5.74, 6) is 0.601. The lowest BCUT2D eigenvalue weighted by Gasteiger charge is -2.28. The molecule has 1 aromatic carbocycles. The van der Waals surface area contributed by atoms with Crippen molar-refractivity contribution in [3.05, 3.63) is 42.6 Å². The Hall–Kier alpha value is -3.11. The monoisotopic (exact) mass is 474 g/mol. The van der Waals surface area contributed by atoms with E-state index in [1.54, 1.807) is 12.3 Å². The molecule has 34 heavy (non-hydrogen) atoms. The minimum Gasteiger partial charge on any atom is -0.406 e. The van der Waals surface area contributed by atoms with Gasteiger partial charge in [0.1, 0.15) is 11.6 Å². The molecule has 1 aliphatic rings. The molecule has 1 saturated heterocycles. The van der Waals surface area contributed by atoms with E-state index in [1.165, 1.54) is 12.1 Å². The molecule has 3 heterocycles. The normalized spacial score (nSPS) is 14.6. The minimum absolute atomic E-state index is 0.296. The first kappa shape index (κ1) is 24.0. The van der Waals surface area contributed by atoms with Crippen molar-refractivity contribution in [3.8, 4) is 17.0 Å². The molecule has 0 unspecified atom stereocenters. The number of pyridine rings is 2. The summed E-state index contributed by atoms with van der Waals surface area (Å²) in [5.41, 5.74) is 2.65. The summed E-state index contributed by atoms with van der Waals surface area (Å²) in [6, 6.07) is 10.1. The highest BCUT2D eigenvalue weighted by molar-refractivity contribution is 5.94. The van der Waals surface area contributed by atoms with Crippen LogP contribution in [-0.2, 0) is 0 Å². The third-order valence-electron chi connectivity index (χ3n) is 5.60. The Morgan fingerprint density at radius 3 is 2.59 bits per heavy atom. The van der Waals surface area contributed by atoms with Crippen LogP contribution < -0.4 is 20.3 Å². The molecule has 0 aliphatic carbocycles. The molecule has 0 amide bonds. The first-order valence-corrected chi connectivity index (χ1v) is 11.3. The van der Waals surface area contributed by atoms with E-state index in [-0.39, 0.29) is 5.75 Å². The van der Waals surface area contributed by atoms with Crippen LogP contribution in [0.4, 0.5) is 24.7 Å². The van der Waals surface area contributed by atoms with Gasteiger partial charge in [-0.15, -0.1) is 13.2 Å². The Labute approximate surface area is 196 Å². The smallest absolute Gasteiger partial charge is 0.406 e. The Balaban J connectivity index is 1.65. The van der Waals surface area contributed by atoms with Crippen molar-refractivity contribution in [2.45, 2.75) is 12.8 Å². The van der Waals surface area contributed by atoms with Crippen LogP contribution in [0.25, 0.3) is 22.2 Å². The van der Waals surface area contributed by atoms with Crippen molar-refractivity contribution in [1.82, 2.24) is 20.2 Å². The number of benzene rings is 1. The molecule has 3 aromatic rings. The average Bonchev–Trinajstić information content (AvgIpc) is 2.81. The highest BCUT2D eigenvalue weighted by Crippen LogP contribution is 2.32. The van der Waals surface area contributed by atoms with E-state index in [1.807, 2.05) is 32.3 Å². The molecule has 4 rings (SSSR count). The summed E-state index contributed by atoms with van der Waals surface area (Å²) in [6.45, 7) is 5.26. The van der Waals surface area contributed by atoms with Gasteiger partial charge in [0.2, 0.25) is 0 Å². The summed E-state index contributed by atoms with van der Waals surface area (Å²) >= 11 is 0. The van der Waals surface area contributed by atoms with Crippen molar-refractivity contribution in [1.29, 1.82) is 0 Å². The van der Waals surface area contributed by atoms with Crippen LogP contribution in [0.5, 0.6) is 5.75 Å². The van der Waals surface area contributed by atoms with Crippen molar-refractivity contribution in [2.75, 3.05) is 63.6 Å². The van der Waals surface area contributed by atoms with Gasteiger partial charge >= 0.3 is 6.36 Å². The standard InChI is InChI=1S/C24H29F3N6O/c1-32(2)11-3-8-29-21-15-20(17-4-7-23(30-16-17)33-12-9-28-10-13-33)31-22-14-18(5-6-19(21)22)34-24(25,26)27/h4-7,14-16,28H,3,8-13H2,1-2H3,(H,29,31). The van der Waals surface area contributed by atoms with Crippen molar-refractivity contribution in [2.24, 2.45) is 0 Å². The van der Waals surface area contributed by atoms with Crippen LogP contribution in [-0.4, -0.2) is 74.6 Å². The maximum Gasteiger partial charge on any atom is 0.573 e. The lowest BCUT2D eigenvalue weighted by molar-refractivity contribution is -0.274. The van der Waals surface area contributed by atoms with Crippen LogP contribution in [0.15, 0.2) is 42.6 Å². The topological polar surface area (TPSA) is 65.5 Å². The van der Waals surface area contributed by atoms with Gasteiger partial charge in [-0.05, 0) is 57.4 Å². The molecule has 7 nitrogen and oxygen atoms in total.